The predicted octanol–water partition coefficient (Wildman–Crippen LogP) is 3.77. The maximum Gasteiger partial charge on any atom is 0.335 e. The van der Waals surface area contributed by atoms with Crippen LogP contribution in [0.1, 0.15) is 5.56 Å². The number of urea groups is 1. The third-order valence-electron chi connectivity index (χ3n) is 7.62. The second-order valence-electron chi connectivity index (χ2n) is 9.59. The van der Waals surface area contributed by atoms with Gasteiger partial charge >= 0.3 is 6.03 Å². The smallest absolute Gasteiger partial charge is 0.335 e. The van der Waals surface area contributed by atoms with Crippen molar-refractivity contribution in [2.45, 2.75) is 12.5 Å². The molecule has 1 N–H and O–H groups in total. The lowest BCUT2D eigenvalue weighted by Crippen LogP contribution is -2.75. The van der Waals surface area contributed by atoms with Gasteiger partial charge in [-0.15, -0.1) is 0 Å². The first-order valence-electron chi connectivity index (χ1n) is 12.1. The molecule has 0 saturated carbocycles. The average molecular weight is 532 g/mol. The molecular formula is C27H22ClN5O5. The molecule has 3 aliphatic heterocycles. The van der Waals surface area contributed by atoms with Crippen LogP contribution in [0.5, 0.6) is 0 Å². The summed E-state index contributed by atoms with van der Waals surface area (Å²) in [4.78, 5) is 57.2. The summed E-state index contributed by atoms with van der Waals surface area (Å²) < 4.78 is 0. The molecule has 3 aromatic carbocycles. The molecule has 0 unspecified atom stereocenters. The molecule has 0 radical (unpaired) electrons. The van der Waals surface area contributed by atoms with Gasteiger partial charge in [0.1, 0.15) is 0 Å². The number of piperazine rings is 1. The van der Waals surface area contributed by atoms with Crippen LogP contribution in [0.15, 0.2) is 72.8 Å². The zero-order valence-corrected chi connectivity index (χ0v) is 20.8. The van der Waals surface area contributed by atoms with E-state index in [-0.39, 0.29) is 17.8 Å². The van der Waals surface area contributed by atoms with Crippen LogP contribution >= 0.6 is 11.6 Å². The molecule has 38 heavy (non-hydrogen) atoms. The second-order valence-corrected chi connectivity index (χ2v) is 10.0. The molecule has 192 valence electrons. The number of nitro benzene ring substituents is 1. The van der Waals surface area contributed by atoms with Crippen molar-refractivity contribution in [1.82, 2.24) is 5.32 Å². The maximum atomic E-state index is 14.4. The Balaban J connectivity index is 1.50. The number of nitrogens with one attached hydrogen (secondary N) is 1. The number of barbiturate groups is 1. The number of amides is 4. The van der Waals surface area contributed by atoms with Crippen molar-refractivity contribution in [3.63, 3.8) is 0 Å². The van der Waals surface area contributed by atoms with Crippen LogP contribution in [0.2, 0.25) is 5.02 Å². The molecule has 3 heterocycles. The van der Waals surface area contributed by atoms with Gasteiger partial charge in [0, 0.05) is 54.6 Å². The van der Waals surface area contributed by atoms with Crippen LogP contribution in [0, 0.1) is 15.5 Å². The van der Waals surface area contributed by atoms with Gasteiger partial charge in [0.15, 0.2) is 5.41 Å². The van der Waals surface area contributed by atoms with Crippen molar-refractivity contribution in [3.8, 4) is 0 Å². The van der Waals surface area contributed by atoms with Crippen molar-refractivity contribution < 1.29 is 19.3 Å². The minimum Gasteiger partial charge on any atom is -0.368 e. The number of benzene rings is 3. The van der Waals surface area contributed by atoms with Crippen LogP contribution in [-0.2, 0) is 16.0 Å². The monoisotopic (exact) mass is 531 g/mol. The first-order chi connectivity index (χ1) is 18.3. The molecule has 0 aromatic heterocycles. The Morgan fingerprint density at radius 1 is 0.947 bits per heavy atom. The third kappa shape index (κ3) is 3.59. The van der Waals surface area contributed by atoms with Gasteiger partial charge < -0.3 is 9.80 Å². The Morgan fingerprint density at radius 2 is 1.68 bits per heavy atom. The topological polar surface area (TPSA) is 116 Å². The van der Waals surface area contributed by atoms with E-state index in [2.05, 4.69) is 10.2 Å². The summed E-state index contributed by atoms with van der Waals surface area (Å²) in [7, 11) is 0. The van der Waals surface area contributed by atoms with Crippen molar-refractivity contribution in [2.75, 3.05) is 34.3 Å². The number of halogens is 1. The predicted molar refractivity (Wildman–Crippen MR) is 141 cm³/mol. The summed E-state index contributed by atoms with van der Waals surface area (Å²) in [6, 6.07) is 18.9. The highest BCUT2D eigenvalue weighted by Gasteiger charge is 2.63. The van der Waals surface area contributed by atoms with E-state index in [4.69, 9.17) is 11.6 Å². The number of carbonyl (C=O) groups excluding carboxylic acids is 3. The van der Waals surface area contributed by atoms with Gasteiger partial charge in [0.05, 0.1) is 16.7 Å². The van der Waals surface area contributed by atoms with Crippen LogP contribution < -0.4 is 20.0 Å². The molecule has 0 aliphatic carbocycles. The normalized spacial score (nSPS) is 22.7. The molecule has 11 heteroatoms. The van der Waals surface area contributed by atoms with E-state index < -0.39 is 34.2 Å². The lowest BCUT2D eigenvalue weighted by molar-refractivity contribution is -0.384. The van der Waals surface area contributed by atoms with Crippen LogP contribution in [0.3, 0.4) is 0 Å². The van der Waals surface area contributed by atoms with Crippen LogP contribution in [-0.4, -0.2) is 48.4 Å². The van der Waals surface area contributed by atoms with Crippen molar-refractivity contribution in [2.24, 2.45) is 5.41 Å². The quantitative estimate of drug-likeness (QED) is 0.311. The molecule has 4 amide bonds. The second kappa shape index (κ2) is 8.84. The minimum absolute atomic E-state index is 0.0875. The van der Waals surface area contributed by atoms with E-state index in [0.29, 0.717) is 30.2 Å². The van der Waals surface area contributed by atoms with Crippen molar-refractivity contribution in [1.29, 1.82) is 0 Å². The van der Waals surface area contributed by atoms with Crippen molar-refractivity contribution >= 4 is 52.2 Å². The molecular weight excluding hydrogens is 510 g/mol. The SMILES string of the molecule is O=C1NC(=O)[C@@]2(Cc3cc([N+](=O)[O-])ccc3N3CCN(c4ccccc4)C[C@H]32)C(=O)N1c1ccc(Cl)cc1. The number of hydrogen-bond donors (Lipinski definition) is 1. The van der Waals surface area contributed by atoms with E-state index >= 15 is 0 Å². The van der Waals surface area contributed by atoms with E-state index in [1.807, 2.05) is 35.2 Å². The number of nitro groups is 1. The fraction of sp³-hybridized carbons (Fsp3) is 0.222. The molecule has 3 aromatic rings. The number of non-ortho nitro benzene ring substituents is 1. The first-order valence-corrected chi connectivity index (χ1v) is 12.5. The van der Waals surface area contributed by atoms with Gasteiger partial charge in [0.2, 0.25) is 5.91 Å². The zero-order chi connectivity index (χ0) is 26.6. The average Bonchev–Trinajstić information content (AvgIpc) is 2.92. The van der Waals surface area contributed by atoms with Crippen molar-refractivity contribution in [3.05, 3.63) is 93.5 Å². The third-order valence-corrected chi connectivity index (χ3v) is 7.87. The Morgan fingerprint density at radius 3 is 2.39 bits per heavy atom. The van der Waals surface area contributed by atoms with Crippen LogP contribution in [0.25, 0.3) is 0 Å². The molecule has 6 rings (SSSR count). The summed E-state index contributed by atoms with van der Waals surface area (Å²) >= 11 is 6.03. The van der Waals surface area contributed by atoms with Gasteiger partial charge in [0.25, 0.3) is 11.6 Å². The summed E-state index contributed by atoms with van der Waals surface area (Å²) in [5.74, 6) is -1.38. The molecule has 2 fully saturated rings. The Bertz CT molecular complexity index is 1480. The molecule has 1 spiro atoms. The molecule has 0 bridgehead atoms. The number of hydrogen-bond acceptors (Lipinski definition) is 7. The standard InChI is InChI=1S/C27H22ClN5O5/c28-18-6-8-20(9-7-18)32-25(35)27(24(34)29-26(32)36)15-17-14-21(33(37)38)10-11-22(17)31-13-12-30(16-23(27)31)19-4-2-1-3-5-19/h1-11,14,23H,12-13,15-16H2,(H,29,34,36)/t23-,27-/m0/s1. The molecule has 10 nitrogen and oxygen atoms in total. The summed E-state index contributed by atoms with van der Waals surface area (Å²) in [6.07, 6.45) is -0.0875. The lowest BCUT2D eigenvalue weighted by atomic mass is 9.67. The van der Waals surface area contributed by atoms with E-state index in [0.717, 1.165) is 16.3 Å². The molecule has 3 aliphatic rings. The minimum atomic E-state index is -1.71. The van der Waals surface area contributed by atoms with E-state index in [1.165, 1.54) is 12.1 Å². The highest BCUT2D eigenvalue weighted by molar-refractivity contribution is 6.32. The van der Waals surface area contributed by atoms with E-state index in [1.54, 1.807) is 30.3 Å². The fourth-order valence-electron chi connectivity index (χ4n) is 5.82. The van der Waals surface area contributed by atoms with Crippen LogP contribution in [0.4, 0.5) is 27.5 Å². The van der Waals surface area contributed by atoms with Gasteiger partial charge in [-0.1, -0.05) is 29.8 Å². The summed E-state index contributed by atoms with van der Waals surface area (Å²) in [6.45, 7) is 1.42. The maximum absolute atomic E-state index is 14.4. The number of rotatable bonds is 3. The highest BCUT2D eigenvalue weighted by Crippen LogP contribution is 2.47. The molecule has 2 atom stereocenters. The zero-order valence-electron chi connectivity index (χ0n) is 20.0. The number of nitrogens with zero attached hydrogens (tertiary/aromatic N) is 4. The summed E-state index contributed by atoms with van der Waals surface area (Å²) in [5, 5.41) is 14.4. The lowest BCUT2D eigenvalue weighted by Gasteiger charge is -2.55. The van der Waals surface area contributed by atoms with Gasteiger partial charge in [-0.05, 0) is 48.0 Å². The fourth-order valence-corrected chi connectivity index (χ4v) is 5.95. The van der Waals surface area contributed by atoms with Gasteiger partial charge in [-0.2, -0.15) is 0 Å². The Hall–Kier alpha value is -4.44. The van der Waals surface area contributed by atoms with Gasteiger partial charge in [-0.3, -0.25) is 25.0 Å². The van der Waals surface area contributed by atoms with E-state index in [9.17, 15) is 24.5 Å². The number of carbonyl (C=O) groups is 3. The molecule has 2 saturated heterocycles. The first kappa shape index (κ1) is 23.9. The number of imide groups is 2. The van der Waals surface area contributed by atoms with Gasteiger partial charge in [-0.25, -0.2) is 9.69 Å². The Kier molecular flexibility index (Phi) is 5.57. The number of anilines is 3. The largest absolute Gasteiger partial charge is 0.368 e. The summed E-state index contributed by atoms with van der Waals surface area (Å²) in [5.41, 5.74) is 0.645. The Labute approximate surface area is 222 Å². The highest BCUT2D eigenvalue weighted by atomic mass is 35.5. The number of fused-ring (bicyclic) bond motifs is 4. The number of para-hydroxylation sites is 1.